The first-order valence-electron chi connectivity index (χ1n) is 48.7. The Kier molecular flexibility index (Phi) is 50.5. The van der Waals surface area contributed by atoms with E-state index in [2.05, 4.69) is 9.47 Å². The van der Waals surface area contributed by atoms with Crippen LogP contribution in [0.25, 0.3) is 0 Å². The van der Waals surface area contributed by atoms with E-state index in [1.54, 1.807) is 113 Å². The van der Waals surface area contributed by atoms with E-state index in [-0.39, 0.29) is 219 Å². The van der Waals surface area contributed by atoms with Crippen LogP contribution in [0, 0.1) is 73.4 Å². The molecule has 782 valence electrons. The van der Waals surface area contributed by atoms with Gasteiger partial charge in [-0.2, -0.15) is 31.6 Å². The molecule has 6 aromatic carbocycles. The maximum Gasteiger partial charge on any atom is 0.526 e. The summed E-state index contributed by atoms with van der Waals surface area (Å²) in [7, 11) is -5.89. The summed E-state index contributed by atoms with van der Waals surface area (Å²) in [6.07, 6.45) is 7.54. The highest BCUT2D eigenvalue weighted by Gasteiger charge is 2.45. The second-order valence-electron chi connectivity index (χ2n) is 36.3. The maximum absolute atomic E-state index is 12.4. The summed E-state index contributed by atoms with van der Waals surface area (Å²) >= 11 is 0. The van der Waals surface area contributed by atoms with Gasteiger partial charge in [-0.25, -0.2) is 28.8 Å². The molecule has 6 aromatic rings. The van der Waals surface area contributed by atoms with Crippen molar-refractivity contribution < 1.29 is 163 Å². The van der Waals surface area contributed by atoms with E-state index in [1.807, 2.05) is 62.4 Å². The van der Waals surface area contributed by atoms with E-state index >= 15 is 0 Å². The topological polar surface area (TPSA) is 632 Å². The van der Waals surface area contributed by atoms with Crippen molar-refractivity contribution in [3.63, 3.8) is 0 Å². The molecule has 0 bridgehead atoms. The van der Waals surface area contributed by atoms with Crippen LogP contribution >= 0.6 is 0 Å². The van der Waals surface area contributed by atoms with Crippen molar-refractivity contribution in [3.8, 4) is 70.9 Å². The maximum atomic E-state index is 12.4. The lowest BCUT2D eigenvalue weighted by molar-refractivity contribution is -0.161. The molecule has 0 saturated carbocycles. The molecule has 40 nitrogen and oxygen atoms in total. The molecule has 6 aliphatic rings. The van der Waals surface area contributed by atoms with Crippen LogP contribution in [0.4, 0.5) is 0 Å². The van der Waals surface area contributed by atoms with Crippen LogP contribution in [0.3, 0.4) is 0 Å². The second-order valence-corrected chi connectivity index (χ2v) is 36.3. The number of nitriles is 6. The second kappa shape index (κ2) is 62.2. The molecular weight excluding hydrogens is 1930 g/mol. The quantitative estimate of drug-likeness (QED) is 0.00684. The largest absolute Gasteiger partial charge is 0.535 e. The molecule has 0 aliphatic carbocycles. The molecule has 0 radical (unpaired) electrons. The van der Waals surface area contributed by atoms with Crippen LogP contribution in [-0.4, -0.2) is 196 Å². The van der Waals surface area contributed by atoms with Gasteiger partial charge in [-0.05, 0) is 149 Å². The average molecular weight is 2050 g/mol. The lowest BCUT2D eigenvalue weighted by Gasteiger charge is -2.28. The lowest BCUT2D eigenvalue weighted by Crippen LogP contribution is -2.36. The number of benzene rings is 6. The molecule has 0 fully saturated rings. The number of rotatable bonds is 40. The molecule has 46 heteroatoms. The number of nitrogens with zero attached hydrogens (tertiary/aromatic N) is 6. The number of fused-ring (bicyclic) bond motifs is 6. The van der Waals surface area contributed by atoms with Gasteiger partial charge in [-0.15, -0.1) is 0 Å². The number of Topliss-reactive ketones (excluding diaryl/α,β-unsaturated/α-hetero) is 6. The number of hydrogen-bond acceptors (Lipinski definition) is 40. The van der Waals surface area contributed by atoms with Crippen molar-refractivity contribution in [2.24, 2.45) is 5.41 Å². The van der Waals surface area contributed by atoms with Crippen molar-refractivity contribution >= 4 is 125 Å². The van der Waals surface area contributed by atoms with Gasteiger partial charge in [0.25, 0.3) is 0 Å². The standard InChI is InChI=1S/C20H24BNO7.C18H22BNO5.C17H18BNO7.C17H20BNO5.C16H18BNO5.C15H16BNO5/c1-20(2,3)19(25)28-12-27-18(24)16-8-4-6-13-10-14(21(26)29-17(13)16)11-15(23)7-5-9-22;1-2-3-10-24-18(22)16-8-4-6-13-11-14(19(23)25-17(13)16)12-15(21)7-5-9-20;1-11(20)24-10-25-17(22)15-6-2-4-12-8-13(18(23)26-16(12)15)9-14(21)5-3-7-19;1-2-9-23-17(21)15-7-3-5-12-10-13(18(22)24-16(12)15)11-14(20)6-4-8-19;1-2-22-16(20)14-7-3-5-11-9-12(17(21)23-15(11)14)10-13(19)6-4-8-18;1-21-15(19)13-6-2-4-10-8-11(16(20)22-14(10)13)9-12(18)5-3-7-17/h4,6,8,14,26H,5,7,10-12H2,1-3H3;4,6,8,14,23H,2-3,5,7,10-12H2,1H3;2,4,6,13,23H,3,5,8-10H2,1H3;3,5,7,13,22H,2,4,6,9-11H2,1H3;3,5,7,12,21H,2,4,6,9-10H2,1H3;2,4,6,11,20H,3,5,8-9H2,1H3/t2*14-;2*13-;12-;11-/m111111/s1. The van der Waals surface area contributed by atoms with Gasteiger partial charge in [-0.1, -0.05) is 93.1 Å². The molecule has 0 unspecified atom stereocenters. The predicted molar refractivity (Wildman–Crippen MR) is 533 cm³/mol. The molecule has 0 amide bonds. The fraction of sp³-hybridized carbons (Fsp3) is 0.456. The molecule has 0 spiro atoms. The third kappa shape index (κ3) is 38.0. The molecule has 6 aliphatic heterocycles. The lowest BCUT2D eigenvalue weighted by atomic mass is 9.64. The number of carbonyl (C=O) groups is 14. The van der Waals surface area contributed by atoms with Gasteiger partial charge in [0, 0.05) is 157 Å². The van der Waals surface area contributed by atoms with Crippen molar-refractivity contribution in [1.29, 1.82) is 31.6 Å². The first kappa shape index (κ1) is 121. The summed E-state index contributed by atoms with van der Waals surface area (Å²) in [5, 5.41) is 112. The Bertz CT molecular complexity index is 6000. The summed E-state index contributed by atoms with van der Waals surface area (Å²) in [4.78, 5) is 166. The Morgan fingerprint density at radius 2 is 0.537 bits per heavy atom. The van der Waals surface area contributed by atoms with Crippen molar-refractivity contribution in [1.82, 2.24) is 0 Å². The molecule has 12 rings (SSSR count). The Morgan fingerprint density at radius 3 is 0.745 bits per heavy atom. The van der Waals surface area contributed by atoms with Crippen molar-refractivity contribution in [2.45, 2.75) is 257 Å². The van der Waals surface area contributed by atoms with Crippen LogP contribution in [0.5, 0.6) is 34.5 Å². The highest BCUT2D eigenvalue weighted by molar-refractivity contribution is 6.49. The zero-order valence-corrected chi connectivity index (χ0v) is 84.2. The van der Waals surface area contributed by atoms with Gasteiger partial charge in [0.2, 0.25) is 13.6 Å². The summed E-state index contributed by atoms with van der Waals surface area (Å²) in [6.45, 7) is 11.7. The third-order valence-electron chi connectivity index (χ3n) is 23.7. The average Bonchev–Trinajstić information content (AvgIpc) is 0.818. The number of methoxy groups -OCH3 is 1. The summed E-state index contributed by atoms with van der Waals surface area (Å²) in [5.74, 6) is -5.94. The third-order valence-corrected chi connectivity index (χ3v) is 23.7. The van der Waals surface area contributed by atoms with Crippen LogP contribution in [0.1, 0.15) is 279 Å². The predicted octanol–water partition coefficient (Wildman–Crippen LogP) is 12.3. The number of ketones is 6. The highest BCUT2D eigenvalue weighted by atomic mass is 16.7. The van der Waals surface area contributed by atoms with Crippen LogP contribution in [0.15, 0.2) is 109 Å². The van der Waals surface area contributed by atoms with Gasteiger partial charge in [0.15, 0.2) is 0 Å². The van der Waals surface area contributed by atoms with Gasteiger partial charge in [0.05, 0.1) is 68.8 Å². The molecular formula is C103H118B6N6O34. The SMILES string of the molecule is CC(=O)OCOC(=O)c1cccc2c1OB(O)[C@@H](CC(=O)CCC#N)C2.CC(C)(C)C(=O)OCOC(=O)c1cccc2c1OB(O)[C@@H](CC(=O)CCC#N)C2.CCCCOC(=O)c1cccc2c1OB(O)[C@@H](CC(=O)CCC#N)C2.CCCOC(=O)c1cccc2c1OB(O)[C@@H](CC(=O)CCC#N)C2.CCOC(=O)c1cccc2c1OB(O)[C@@H](CC(=O)CCC#N)C2.COC(=O)c1cccc2c1OB(O)[C@@H](CC(=O)CCC#N)C2. The van der Waals surface area contributed by atoms with Gasteiger partial charge in [-0.3, -0.25) is 38.4 Å². The fourth-order valence-electron chi connectivity index (χ4n) is 16.1. The van der Waals surface area contributed by atoms with Crippen LogP contribution in [0.2, 0.25) is 34.9 Å². The van der Waals surface area contributed by atoms with Gasteiger partial charge in [0.1, 0.15) is 103 Å². The van der Waals surface area contributed by atoms with Gasteiger partial charge < -0.3 is 96.0 Å². The van der Waals surface area contributed by atoms with Crippen molar-refractivity contribution in [2.75, 3.05) is 40.5 Å². The molecule has 0 saturated heterocycles. The molecule has 149 heavy (non-hydrogen) atoms. The van der Waals surface area contributed by atoms with E-state index in [1.165, 1.54) is 26.2 Å². The number of carbonyl (C=O) groups excluding carboxylic acids is 14. The number of ether oxygens (including phenoxy) is 8. The molecule has 6 heterocycles. The van der Waals surface area contributed by atoms with E-state index in [4.69, 9.17) is 87.9 Å². The Hall–Kier alpha value is -15.0. The monoisotopic (exact) mass is 2050 g/mol. The number of esters is 8. The van der Waals surface area contributed by atoms with Crippen LogP contribution < -0.4 is 27.9 Å². The first-order chi connectivity index (χ1) is 71.3. The summed E-state index contributed by atoms with van der Waals surface area (Å²) in [6, 6.07) is 41.7. The molecule has 6 atom stereocenters. The first-order valence-corrected chi connectivity index (χ1v) is 48.7. The van der Waals surface area contributed by atoms with E-state index in [9.17, 15) is 97.3 Å². The number of para-hydroxylation sites is 6. The number of hydrogen-bond donors (Lipinski definition) is 6. The minimum Gasteiger partial charge on any atom is -0.535 e. The smallest absolute Gasteiger partial charge is 0.526 e. The zero-order valence-electron chi connectivity index (χ0n) is 84.2. The van der Waals surface area contributed by atoms with Gasteiger partial charge >= 0.3 is 90.5 Å². The summed E-state index contributed by atoms with van der Waals surface area (Å²) < 4.78 is 72.3. The minimum atomic E-state index is -1.26. The van der Waals surface area contributed by atoms with Crippen molar-refractivity contribution in [3.05, 3.63) is 176 Å². The summed E-state index contributed by atoms with van der Waals surface area (Å²) in [5.41, 5.74) is 4.98. The zero-order chi connectivity index (χ0) is 109. The molecule has 0 aromatic heterocycles. The highest BCUT2D eigenvalue weighted by Crippen LogP contribution is 2.44. The fourth-order valence-corrected chi connectivity index (χ4v) is 16.1. The Labute approximate surface area is 864 Å². The Balaban J connectivity index is 0.000000242. The normalized spacial score (nSPS) is 15.8. The van der Waals surface area contributed by atoms with E-state index in [0.29, 0.717) is 91.4 Å². The van der Waals surface area contributed by atoms with E-state index in [0.717, 1.165) is 41.5 Å². The Morgan fingerprint density at radius 1 is 0.315 bits per heavy atom. The molecule has 6 N–H and O–H groups in total. The van der Waals surface area contributed by atoms with Crippen LogP contribution in [-0.2, 0) is 115 Å². The number of unbranched alkanes of at least 4 members (excludes halogenated alkanes) is 1. The minimum absolute atomic E-state index is 0.0761. The van der Waals surface area contributed by atoms with E-state index < -0.39 is 121 Å².